The molecule has 0 aliphatic heterocycles. The highest BCUT2D eigenvalue weighted by atomic mass is 16.5. The standard InChI is InChI=1S/C17H26N2O2/c1-14(2)7-5-8-15(3)9-6-10-16(4)11-12-21-17(20)13-19-18/h7,9,11,13H,5-6,8,10,12H2,1-4H3. The van der Waals surface area contributed by atoms with Gasteiger partial charge in [0.05, 0.1) is 0 Å². The topological polar surface area (TPSA) is 62.7 Å². The Morgan fingerprint density at radius 3 is 2.14 bits per heavy atom. The Morgan fingerprint density at radius 1 is 1.00 bits per heavy atom. The Hall–Kier alpha value is -1.93. The molecular formula is C17H26N2O2. The van der Waals surface area contributed by atoms with E-state index in [9.17, 15) is 4.79 Å². The highest BCUT2D eigenvalue weighted by Gasteiger charge is 2.00. The maximum absolute atomic E-state index is 10.9. The third-order valence-electron chi connectivity index (χ3n) is 2.94. The first-order chi connectivity index (χ1) is 9.95. The van der Waals surface area contributed by atoms with E-state index in [2.05, 4.69) is 37.7 Å². The maximum Gasteiger partial charge on any atom is 0.413 e. The van der Waals surface area contributed by atoms with Crippen LogP contribution in [0.4, 0.5) is 0 Å². The van der Waals surface area contributed by atoms with Gasteiger partial charge in [-0.1, -0.05) is 28.9 Å². The molecule has 0 aliphatic rings. The summed E-state index contributed by atoms with van der Waals surface area (Å²) in [4.78, 5) is 13.5. The van der Waals surface area contributed by atoms with Gasteiger partial charge in [-0.3, -0.25) is 0 Å². The summed E-state index contributed by atoms with van der Waals surface area (Å²) in [6, 6.07) is 0. The normalized spacial score (nSPS) is 11.6. The monoisotopic (exact) mass is 290 g/mol. The molecule has 116 valence electrons. The van der Waals surface area contributed by atoms with E-state index in [1.54, 1.807) is 0 Å². The number of carbonyl (C=O) groups is 1. The van der Waals surface area contributed by atoms with Crippen molar-refractivity contribution in [3.8, 4) is 0 Å². The van der Waals surface area contributed by atoms with Crippen LogP contribution in [0.25, 0.3) is 5.53 Å². The van der Waals surface area contributed by atoms with Gasteiger partial charge in [-0.05, 0) is 59.5 Å². The van der Waals surface area contributed by atoms with Crippen LogP contribution in [0, 0.1) is 0 Å². The minimum absolute atomic E-state index is 0.208. The van der Waals surface area contributed by atoms with Crippen LogP contribution in [0.1, 0.15) is 53.4 Å². The maximum atomic E-state index is 10.9. The summed E-state index contributed by atoms with van der Waals surface area (Å²) in [5.74, 6) is -0.642. The molecule has 0 radical (unpaired) electrons. The Balaban J connectivity index is 3.95. The van der Waals surface area contributed by atoms with E-state index < -0.39 is 5.97 Å². The van der Waals surface area contributed by atoms with Gasteiger partial charge in [0.15, 0.2) is 0 Å². The van der Waals surface area contributed by atoms with Crippen LogP contribution in [0.3, 0.4) is 0 Å². The van der Waals surface area contributed by atoms with Crippen molar-refractivity contribution in [1.82, 2.24) is 0 Å². The zero-order valence-electron chi connectivity index (χ0n) is 13.6. The van der Waals surface area contributed by atoms with Crippen molar-refractivity contribution < 1.29 is 14.3 Å². The molecule has 0 fully saturated rings. The fourth-order valence-corrected chi connectivity index (χ4v) is 1.69. The van der Waals surface area contributed by atoms with E-state index in [0.717, 1.165) is 31.9 Å². The van der Waals surface area contributed by atoms with Crippen LogP contribution in [-0.4, -0.2) is 23.6 Å². The van der Waals surface area contributed by atoms with Crippen LogP contribution in [-0.2, 0) is 9.53 Å². The minimum Gasteiger partial charge on any atom is -0.453 e. The lowest BCUT2D eigenvalue weighted by atomic mass is 10.1. The second-order valence-electron chi connectivity index (χ2n) is 5.33. The third-order valence-corrected chi connectivity index (χ3v) is 2.94. The molecule has 0 aromatic carbocycles. The molecule has 0 unspecified atom stereocenters. The van der Waals surface area contributed by atoms with E-state index in [1.165, 1.54) is 16.7 Å². The van der Waals surface area contributed by atoms with Gasteiger partial charge in [-0.2, -0.15) is 4.79 Å². The lowest BCUT2D eigenvalue weighted by molar-refractivity contribution is -0.137. The van der Waals surface area contributed by atoms with Gasteiger partial charge in [0.1, 0.15) is 6.61 Å². The summed E-state index contributed by atoms with van der Waals surface area (Å²) in [7, 11) is 0. The molecule has 0 bridgehead atoms. The second-order valence-corrected chi connectivity index (χ2v) is 5.33. The molecule has 0 heterocycles. The summed E-state index contributed by atoms with van der Waals surface area (Å²) in [5, 5.41) is 0. The van der Waals surface area contributed by atoms with Crippen LogP contribution < -0.4 is 0 Å². The number of hydrogen-bond acceptors (Lipinski definition) is 2. The number of rotatable bonds is 9. The van der Waals surface area contributed by atoms with Gasteiger partial charge in [0.2, 0.25) is 0 Å². The molecule has 0 atom stereocenters. The van der Waals surface area contributed by atoms with Crippen molar-refractivity contribution >= 4 is 12.2 Å². The average molecular weight is 290 g/mol. The number of hydrogen-bond donors (Lipinski definition) is 0. The minimum atomic E-state index is -0.642. The summed E-state index contributed by atoms with van der Waals surface area (Å²) >= 11 is 0. The predicted octanol–water partition coefficient (Wildman–Crippen LogP) is 4.25. The zero-order chi connectivity index (χ0) is 16.1. The molecule has 0 aromatic heterocycles. The third kappa shape index (κ3) is 12.8. The van der Waals surface area contributed by atoms with Crippen LogP contribution in [0.15, 0.2) is 34.9 Å². The van der Waals surface area contributed by atoms with Gasteiger partial charge in [-0.25, -0.2) is 4.79 Å². The summed E-state index contributed by atoms with van der Waals surface area (Å²) in [5.41, 5.74) is 12.1. The van der Waals surface area contributed by atoms with Crippen LogP contribution in [0.2, 0.25) is 0 Å². The van der Waals surface area contributed by atoms with Crippen molar-refractivity contribution in [3.63, 3.8) is 0 Å². The lowest BCUT2D eigenvalue weighted by Gasteiger charge is -2.01. The number of carbonyl (C=O) groups excluding carboxylic acids is 1. The molecule has 0 saturated heterocycles. The Kier molecular flexibility index (Phi) is 10.8. The van der Waals surface area contributed by atoms with E-state index in [-0.39, 0.29) is 6.61 Å². The summed E-state index contributed by atoms with van der Waals surface area (Å²) in [6.07, 6.45) is 11.3. The summed E-state index contributed by atoms with van der Waals surface area (Å²) in [6.45, 7) is 8.62. The fourth-order valence-electron chi connectivity index (χ4n) is 1.69. The van der Waals surface area contributed by atoms with Crippen molar-refractivity contribution in [2.45, 2.75) is 53.4 Å². The highest BCUT2D eigenvalue weighted by Crippen LogP contribution is 2.11. The first-order valence-electron chi connectivity index (χ1n) is 7.24. The van der Waals surface area contributed by atoms with Gasteiger partial charge in [0.25, 0.3) is 0 Å². The Labute approximate surface area is 127 Å². The molecule has 21 heavy (non-hydrogen) atoms. The Bertz CT molecular complexity index is 463. The van der Waals surface area contributed by atoms with Crippen molar-refractivity contribution in [1.29, 1.82) is 0 Å². The van der Waals surface area contributed by atoms with Crippen molar-refractivity contribution in [3.05, 3.63) is 40.5 Å². The van der Waals surface area contributed by atoms with E-state index in [4.69, 9.17) is 10.3 Å². The first kappa shape index (κ1) is 19.1. The number of esters is 1. The van der Waals surface area contributed by atoms with Crippen molar-refractivity contribution in [2.24, 2.45) is 0 Å². The summed E-state index contributed by atoms with van der Waals surface area (Å²) < 4.78 is 4.81. The van der Waals surface area contributed by atoms with E-state index in [1.807, 2.05) is 13.0 Å². The molecule has 0 amide bonds. The highest BCUT2D eigenvalue weighted by molar-refractivity contribution is 6.20. The number of allylic oxidation sites excluding steroid dienone is 5. The molecular weight excluding hydrogens is 264 g/mol. The Morgan fingerprint density at radius 2 is 1.57 bits per heavy atom. The smallest absolute Gasteiger partial charge is 0.413 e. The molecule has 0 spiro atoms. The lowest BCUT2D eigenvalue weighted by Crippen LogP contribution is -2.06. The molecule has 4 nitrogen and oxygen atoms in total. The molecule has 0 rings (SSSR count). The second kappa shape index (κ2) is 11.9. The molecule has 4 heteroatoms. The number of ether oxygens (including phenoxy) is 1. The quantitative estimate of drug-likeness (QED) is 0.209. The molecule has 0 aliphatic carbocycles. The first-order valence-corrected chi connectivity index (χ1v) is 7.24. The largest absolute Gasteiger partial charge is 0.453 e. The van der Waals surface area contributed by atoms with Gasteiger partial charge in [-0.15, -0.1) is 0 Å². The SMILES string of the molecule is CC(C)=CCCC(C)=CCCC(C)=CCOC(=O)C=[N+]=[N-]. The van der Waals surface area contributed by atoms with Gasteiger partial charge in [0, 0.05) is 0 Å². The van der Waals surface area contributed by atoms with E-state index in [0.29, 0.717) is 0 Å². The van der Waals surface area contributed by atoms with Crippen LogP contribution >= 0.6 is 0 Å². The predicted molar refractivity (Wildman–Crippen MR) is 86.1 cm³/mol. The van der Waals surface area contributed by atoms with E-state index >= 15 is 0 Å². The van der Waals surface area contributed by atoms with Gasteiger partial charge >= 0.3 is 12.2 Å². The van der Waals surface area contributed by atoms with Crippen molar-refractivity contribution in [2.75, 3.05) is 6.61 Å². The molecule has 0 aromatic rings. The fraction of sp³-hybridized carbons (Fsp3) is 0.529. The zero-order valence-corrected chi connectivity index (χ0v) is 13.6. The van der Waals surface area contributed by atoms with Crippen LogP contribution in [0.5, 0.6) is 0 Å². The van der Waals surface area contributed by atoms with Gasteiger partial charge < -0.3 is 10.3 Å². The molecule has 0 N–H and O–H groups in total. The number of nitrogens with zero attached hydrogens (tertiary/aromatic N) is 2. The average Bonchev–Trinajstić information content (AvgIpc) is 2.38. The molecule has 0 saturated carbocycles.